The van der Waals surface area contributed by atoms with Gasteiger partial charge in [-0.3, -0.25) is 4.90 Å². The molecule has 1 atom stereocenters. The number of hydrogen-bond donors (Lipinski definition) is 1. The summed E-state index contributed by atoms with van der Waals surface area (Å²) < 4.78 is 0. The topological polar surface area (TPSA) is 29.3 Å². The summed E-state index contributed by atoms with van der Waals surface area (Å²) in [5.41, 5.74) is 6.36. The predicted molar refractivity (Wildman–Crippen MR) is 64.4 cm³/mol. The van der Waals surface area contributed by atoms with Gasteiger partial charge in [0.1, 0.15) is 0 Å². The molecule has 0 saturated carbocycles. The first-order valence-electron chi connectivity index (χ1n) is 5.76. The molecule has 0 spiro atoms. The lowest BCUT2D eigenvalue weighted by Crippen LogP contribution is -2.47. The molecule has 0 heterocycles. The summed E-state index contributed by atoms with van der Waals surface area (Å²) in [6.07, 6.45) is 2.28. The highest BCUT2D eigenvalue weighted by Gasteiger charge is 2.22. The molecular formula is C12H28N2. The predicted octanol–water partition coefficient (Wildman–Crippen LogP) is 2.48. The molecule has 0 rings (SSSR count). The van der Waals surface area contributed by atoms with E-state index in [0.29, 0.717) is 12.0 Å². The average molecular weight is 200 g/mol. The van der Waals surface area contributed by atoms with E-state index in [1.54, 1.807) is 0 Å². The van der Waals surface area contributed by atoms with E-state index in [1.807, 2.05) is 0 Å². The Morgan fingerprint density at radius 1 is 1.29 bits per heavy atom. The van der Waals surface area contributed by atoms with Gasteiger partial charge in [-0.05, 0) is 39.7 Å². The SMILES string of the molecule is CCC(C)(C)N(C)CC(N)CC(C)C. The van der Waals surface area contributed by atoms with Gasteiger partial charge in [0.15, 0.2) is 0 Å². The fourth-order valence-electron chi connectivity index (χ4n) is 1.55. The van der Waals surface area contributed by atoms with E-state index < -0.39 is 0 Å². The minimum absolute atomic E-state index is 0.272. The summed E-state index contributed by atoms with van der Waals surface area (Å²) in [4.78, 5) is 2.38. The van der Waals surface area contributed by atoms with Crippen molar-refractivity contribution in [1.29, 1.82) is 0 Å². The summed E-state index contributed by atoms with van der Waals surface area (Å²) in [5.74, 6) is 0.697. The Labute approximate surface area is 89.9 Å². The van der Waals surface area contributed by atoms with Crippen LogP contribution in [0.4, 0.5) is 0 Å². The first kappa shape index (κ1) is 13.9. The van der Waals surface area contributed by atoms with Gasteiger partial charge in [-0.25, -0.2) is 0 Å². The van der Waals surface area contributed by atoms with Gasteiger partial charge in [0, 0.05) is 18.1 Å². The molecule has 2 heteroatoms. The van der Waals surface area contributed by atoms with Crippen LogP contribution in [0.15, 0.2) is 0 Å². The third kappa shape index (κ3) is 4.97. The van der Waals surface area contributed by atoms with Crippen molar-refractivity contribution in [1.82, 2.24) is 4.90 Å². The smallest absolute Gasteiger partial charge is 0.0170 e. The first-order chi connectivity index (χ1) is 6.29. The molecule has 0 radical (unpaired) electrons. The number of likely N-dealkylation sites (N-methyl/N-ethyl adjacent to an activating group) is 1. The summed E-state index contributed by atoms with van der Waals surface area (Å²) >= 11 is 0. The maximum absolute atomic E-state index is 6.09. The molecule has 0 amide bonds. The van der Waals surface area contributed by atoms with E-state index in [2.05, 4.69) is 46.6 Å². The van der Waals surface area contributed by atoms with Crippen molar-refractivity contribution in [2.75, 3.05) is 13.6 Å². The summed E-state index contributed by atoms with van der Waals surface area (Å²) in [5, 5.41) is 0. The van der Waals surface area contributed by atoms with Gasteiger partial charge < -0.3 is 5.73 Å². The van der Waals surface area contributed by atoms with Crippen LogP contribution in [0.2, 0.25) is 0 Å². The van der Waals surface area contributed by atoms with Gasteiger partial charge >= 0.3 is 0 Å². The highest BCUT2D eigenvalue weighted by Crippen LogP contribution is 2.17. The molecule has 0 aromatic rings. The van der Waals surface area contributed by atoms with E-state index in [-0.39, 0.29) is 5.54 Å². The van der Waals surface area contributed by atoms with E-state index in [1.165, 1.54) is 0 Å². The lowest BCUT2D eigenvalue weighted by atomic mass is 9.97. The van der Waals surface area contributed by atoms with Crippen LogP contribution in [0.5, 0.6) is 0 Å². The maximum Gasteiger partial charge on any atom is 0.0170 e. The first-order valence-corrected chi connectivity index (χ1v) is 5.76. The van der Waals surface area contributed by atoms with Crippen molar-refractivity contribution in [2.45, 2.75) is 59.0 Å². The summed E-state index contributed by atoms with van der Waals surface area (Å²) in [6.45, 7) is 12.2. The third-order valence-electron chi connectivity index (χ3n) is 3.18. The molecule has 2 N–H and O–H groups in total. The third-order valence-corrected chi connectivity index (χ3v) is 3.18. The molecule has 0 bridgehead atoms. The van der Waals surface area contributed by atoms with Crippen LogP contribution in [0, 0.1) is 5.92 Å². The molecule has 86 valence electrons. The number of hydrogen-bond acceptors (Lipinski definition) is 2. The van der Waals surface area contributed by atoms with Gasteiger partial charge in [0.05, 0.1) is 0 Å². The molecule has 1 unspecified atom stereocenters. The highest BCUT2D eigenvalue weighted by atomic mass is 15.2. The van der Waals surface area contributed by atoms with Gasteiger partial charge in [-0.1, -0.05) is 20.8 Å². The Kier molecular flexibility index (Phi) is 5.68. The van der Waals surface area contributed by atoms with Crippen LogP contribution >= 0.6 is 0 Å². The molecule has 0 aromatic heterocycles. The molecule has 0 aliphatic heterocycles. The van der Waals surface area contributed by atoms with Crippen LogP contribution in [0.3, 0.4) is 0 Å². The summed E-state index contributed by atoms with van der Waals surface area (Å²) in [7, 11) is 2.17. The Balaban J connectivity index is 3.99. The standard InChI is InChI=1S/C12H28N2/c1-7-12(4,5)14(6)9-11(13)8-10(2)3/h10-11H,7-9,13H2,1-6H3. The second kappa shape index (κ2) is 5.72. The van der Waals surface area contributed by atoms with Crippen molar-refractivity contribution in [2.24, 2.45) is 11.7 Å². The number of rotatable bonds is 6. The van der Waals surface area contributed by atoms with E-state index >= 15 is 0 Å². The molecule has 0 aliphatic carbocycles. The lowest BCUT2D eigenvalue weighted by Gasteiger charge is -2.36. The van der Waals surface area contributed by atoms with Crippen molar-refractivity contribution in [3.05, 3.63) is 0 Å². The quantitative estimate of drug-likeness (QED) is 0.714. The minimum atomic E-state index is 0.272. The second-order valence-corrected chi connectivity index (χ2v) is 5.44. The fourth-order valence-corrected chi connectivity index (χ4v) is 1.55. The van der Waals surface area contributed by atoms with Gasteiger partial charge in [-0.2, -0.15) is 0 Å². The lowest BCUT2D eigenvalue weighted by molar-refractivity contribution is 0.138. The monoisotopic (exact) mass is 200 g/mol. The van der Waals surface area contributed by atoms with E-state index in [4.69, 9.17) is 5.73 Å². The van der Waals surface area contributed by atoms with Gasteiger partial charge in [-0.15, -0.1) is 0 Å². The van der Waals surface area contributed by atoms with Crippen LogP contribution < -0.4 is 5.73 Å². The average Bonchev–Trinajstić information content (AvgIpc) is 2.02. The fraction of sp³-hybridized carbons (Fsp3) is 1.00. The van der Waals surface area contributed by atoms with Crippen LogP contribution in [0.1, 0.15) is 47.5 Å². The normalized spacial score (nSPS) is 15.2. The zero-order valence-corrected chi connectivity index (χ0v) is 10.8. The van der Waals surface area contributed by atoms with Gasteiger partial charge in [0.2, 0.25) is 0 Å². The molecule has 2 nitrogen and oxygen atoms in total. The van der Waals surface area contributed by atoms with Gasteiger partial charge in [0.25, 0.3) is 0 Å². The van der Waals surface area contributed by atoms with Crippen LogP contribution in [-0.4, -0.2) is 30.1 Å². The van der Waals surface area contributed by atoms with Crippen LogP contribution in [-0.2, 0) is 0 Å². The van der Waals surface area contributed by atoms with E-state index in [0.717, 1.165) is 19.4 Å². The highest BCUT2D eigenvalue weighted by molar-refractivity contribution is 4.80. The molecule has 14 heavy (non-hydrogen) atoms. The zero-order valence-electron chi connectivity index (χ0n) is 10.8. The Morgan fingerprint density at radius 3 is 2.14 bits per heavy atom. The Bertz CT molecular complexity index is 152. The van der Waals surface area contributed by atoms with Crippen molar-refractivity contribution >= 4 is 0 Å². The minimum Gasteiger partial charge on any atom is -0.327 e. The second-order valence-electron chi connectivity index (χ2n) is 5.44. The van der Waals surface area contributed by atoms with Crippen molar-refractivity contribution < 1.29 is 0 Å². The molecule has 0 aliphatic rings. The zero-order chi connectivity index (χ0) is 11.4. The Hall–Kier alpha value is -0.0800. The largest absolute Gasteiger partial charge is 0.327 e. The van der Waals surface area contributed by atoms with Crippen LogP contribution in [0.25, 0.3) is 0 Å². The number of nitrogens with two attached hydrogens (primary N) is 1. The van der Waals surface area contributed by atoms with Crippen molar-refractivity contribution in [3.8, 4) is 0 Å². The maximum atomic E-state index is 6.09. The molecule has 0 saturated heterocycles. The Morgan fingerprint density at radius 2 is 1.79 bits per heavy atom. The molecule has 0 aromatic carbocycles. The van der Waals surface area contributed by atoms with E-state index in [9.17, 15) is 0 Å². The molecule has 0 fully saturated rings. The van der Waals surface area contributed by atoms with Crippen molar-refractivity contribution in [3.63, 3.8) is 0 Å². The molecular weight excluding hydrogens is 172 g/mol. The number of nitrogens with zero attached hydrogens (tertiary/aromatic N) is 1. The summed E-state index contributed by atoms with van der Waals surface area (Å²) in [6, 6.07) is 0.311.